The quantitative estimate of drug-likeness (QED) is 0.490. The molecule has 2 aromatic rings. The number of rotatable bonds is 8. The first-order valence-electron chi connectivity index (χ1n) is 9.31. The number of ether oxygens (including phenoxy) is 3. The maximum Gasteiger partial charge on any atom is 0.516 e. The fraction of sp³-hybridized carbons (Fsp3) is 0.318. The highest BCUT2D eigenvalue weighted by Crippen LogP contribution is 2.09. The van der Waals surface area contributed by atoms with Crippen LogP contribution in [0.3, 0.4) is 0 Å². The molecular weight excluding hydrogens is 374 g/mol. The molecule has 0 radical (unpaired) electrons. The van der Waals surface area contributed by atoms with Crippen LogP contribution in [0.2, 0.25) is 0 Å². The summed E-state index contributed by atoms with van der Waals surface area (Å²) in [5, 5.41) is 0. The summed E-state index contributed by atoms with van der Waals surface area (Å²) in [5.74, 6) is -0.786. The van der Waals surface area contributed by atoms with Gasteiger partial charge in [-0.1, -0.05) is 74.5 Å². The van der Waals surface area contributed by atoms with Crippen LogP contribution < -0.4 is 0 Å². The number of esters is 1. The van der Waals surface area contributed by atoms with E-state index in [0.29, 0.717) is 0 Å². The van der Waals surface area contributed by atoms with Crippen molar-refractivity contribution in [2.24, 2.45) is 5.92 Å². The molecule has 7 heteroatoms. The molecule has 2 aromatic carbocycles. The number of hydrogen-bond acceptors (Lipinski definition) is 6. The van der Waals surface area contributed by atoms with Gasteiger partial charge in [0.15, 0.2) is 0 Å². The largest absolute Gasteiger partial charge is 0.516 e. The van der Waals surface area contributed by atoms with Gasteiger partial charge < -0.3 is 14.2 Å². The predicted molar refractivity (Wildman–Crippen MR) is 106 cm³/mol. The Hall–Kier alpha value is -3.35. The smallest absolute Gasteiger partial charge is 0.445 e. The van der Waals surface area contributed by atoms with E-state index in [2.05, 4.69) is 4.74 Å². The summed E-state index contributed by atoms with van der Waals surface area (Å²) in [5.41, 5.74) is 1.62. The van der Waals surface area contributed by atoms with E-state index in [9.17, 15) is 14.4 Å². The molecule has 0 saturated heterocycles. The van der Waals surface area contributed by atoms with Gasteiger partial charge in [-0.15, -0.1) is 0 Å². The third-order valence-electron chi connectivity index (χ3n) is 3.73. The first-order valence-corrected chi connectivity index (χ1v) is 9.31. The molecule has 0 bridgehead atoms. The predicted octanol–water partition coefficient (Wildman–Crippen LogP) is 4.16. The molecule has 7 nitrogen and oxygen atoms in total. The fourth-order valence-corrected chi connectivity index (χ4v) is 2.34. The first-order chi connectivity index (χ1) is 13.9. The minimum Gasteiger partial charge on any atom is -0.445 e. The summed E-state index contributed by atoms with van der Waals surface area (Å²) in [6.45, 7) is 3.61. The maximum atomic E-state index is 12.5. The molecule has 0 aliphatic heterocycles. The summed E-state index contributed by atoms with van der Waals surface area (Å²) < 4.78 is 14.8. The van der Waals surface area contributed by atoms with E-state index in [1.54, 1.807) is 0 Å². The van der Waals surface area contributed by atoms with Crippen molar-refractivity contribution in [2.45, 2.75) is 27.0 Å². The summed E-state index contributed by atoms with van der Waals surface area (Å²) in [6, 6.07) is 18.3. The molecule has 0 spiro atoms. The second-order valence-electron chi connectivity index (χ2n) is 6.81. The molecule has 1 amide bonds. The Labute approximate surface area is 170 Å². The fourth-order valence-electron chi connectivity index (χ4n) is 2.34. The SMILES string of the molecule is CC(C)COC(=O)OC(=O)CN(Cc1ccccc1)C(=O)OCc1ccccc1. The van der Waals surface area contributed by atoms with Gasteiger partial charge in [-0.3, -0.25) is 4.90 Å². The van der Waals surface area contributed by atoms with Crippen LogP contribution >= 0.6 is 0 Å². The number of amides is 1. The van der Waals surface area contributed by atoms with Crippen molar-refractivity contribution in [2.75, 3.05) is 13.2 Å². The van der Waals surface area contributed by atoms with Crippen LogP contribution in [0, 0.1) is 5.92 Å². The van der Waals surface area contributed by atoms with Crippen LogP contribution in [0.25, 0.3) is 0 Å². The number of carbonyl (C=O) groups excluding carboxylic acids is 3. The minimum absolute atomic E-state index is 0.0659. The van der Waals surface area contributed by atoms with E-state index >= 15 is 0 Å². The highest BCUT2D eigenvalue weighted by molar-refractivity contribution is 5.85. The second kappa shape index (κ2) is 11.5. The Morgan fingerprint density at radius 2 is 1.45 bits per heavy atom. The minimum atomic E-state index is -1.08. The lowest BCUT2D eigenvalue weighted by molar-refractivity contribution is -0.141. The van der Waals surface area contributed by atoms with E-state index in [1.807, 2.05) is 74.5 Å². The van der Waals surface area contributed by atoms with Gasteiger partial charge in [0.05, 0.1) is 6.61 Å². The molecule has 154 valence electrons. The summed E-state index contributed by atoms with van der Waals surface area (Å²) >= 11 is 0. The van der Waals surface area contributed by atoms with Crippen molar-refractivity contribution in [1.29, 1.82) is 0 Å². The molecule has 0 unspecified atom stereocenters. The molecule has 0 heterocycles. The first kappa shape index (κ1) is 21.9. The van der Waals surface area contributed by atoms with Crippen LogP contribution in [0.15, 0.2) is 60.7 Å². The van der Waals surface area contributed by atoms with Crippen molar-refractivity contribution in [3.8, 4) is 0 Å². The highest BCUT2D eigenvalue weighted by atomic mass is 16.7. The summed E-state index contributed by atoms with van der Waals surface area (Å²) in [6.07, 6.45) is -1.77. The Bertz CT molecular complexity index is 791. The van der Waals surface area contributed by atoms with Gasteiger partial charge in [-0.25, -0.2) is 14.4 Å². The normalized spacial score (nSPS) is 10.3. The van der Waals surface area contributed by atoms with E-state index in [1.165, 1.54) is 4.90 Å². The van der Waals surface area contributed by atoms with Crippen LogP contribution in [0.1, 0.15) is 25.0 Å². The number of nitrogens with zero attached hydrogens (tertiary/aromatic N) is 1. The standard InChI is InChI=1S/C22H25NO6/c1-17(2)15-28-22(26)29-20(24)14-23(13-18-9-5-3-6-10-18)21(25)27-16-19-11-7-4-8-12-19/h3-12,17H,13-16H2,1-2H3. The van der Waals surface area contributed by atoms with Gasteiger partial charge in [0, 0.05) is 6.54 Å². The highest BCUT2D eigenvalue weighted by Gasteiger charge is 2.22. The lowest BCUT2D eigenvalue weighted by Crippen LogP contribution is -2.37. The monoisotopic (exact) mass is 399 g/mol. The van der Waals surface area contributed by atoms with Gasteiger partial charge in [0.2, 0.25) is 0 Å². The molecule has 0 N–H and O–H groups in total. The topological polar surface area (TPSA) is 82.1 Å². The van der Waals surface area contributed by atoms with Crippen molar-refractivity contribution in [3.63, 3.8) is 0 Å². The van der Waals surface area contributed by atoms with E-state index in [0.717, 1.165) is 11.1 Å². The molecule has 0 aliphatic carbocycles. The van der Waals surface area contributed by atoms with Crippen molar-refractivity contribution < 1.29 is 28.6 Å². The van der Waals surface area contributed by atoms with Crippen LogP contribution in [-0.4, -0.2) is 36.3 Å². The van der Waals surface area contributed by atoms with Crippen molar-refractivity contribution in [1.82, 2.24) is 4.90 Å². The van der Waals surface area contributed by atoms with E-state index < -0.39 is 24.8 Å². The molecule has 2 rings (SSSR count). The van der Waals surface area contributed by atoms with E-state index in [4.69, 9.17) is 9.47 Å². The van der Waals surface area contributed by atoms with Gasteiger partial charge >= 0.3 is 18.2 Å². The Balaban J connectivity index is 1.97. The third kappa shape index (κ3) is 8.47. The zero-order valence-corrected chi connectivity index (χ0v) is 16.6. The molecule has 0 atom stereocenters. The molecule has 0 fully saturated rings. The molecule has 0 aromatic heterocycles. The second-order valence-corrected chi connectivity index (χ2v) is 6.81. The molecular formula is C22H25NO6. The Morgan fingerprint density at radius 3 is 2.03 bits per heavy atom. The lowest BCUT2D eigenvalue weighted by Gasteiger charge is -2.21. The zero-order valence-electron chi connectivity index (χ0n) is 16.6. The average Bonchev–Trinajstić information content (AvgIpc) is 2.71. The number of benzene rings is 2. The number of hydrogen-bond donors (Lipinski definition) is 0. The Kier molecular flexibility index (Phi) is 8.69. The van der Waals surface area contributed by atoms with Gasteiger partial charge in [0.25, 0.3) is 0 Å². The molecule has 0 aliphatic rings. The molecule has 29 heavy (non-hydrogen) atoms. The summed E-state index contributed by atoms with van der Waals surface area (Å²) in [7, 11) is 0. The van der Waals surface area contributed by atoms with Gasteiger partial charge in [-0.2, -0.15) is 0 Å². The van der Waals surface area contributed by atoms with Crippen LogP contribution in [0.5, 0.6) is 0 Å². The third-order valence-corrected chi connectivity index (χ3v) is 3.73. The van der Waals surface area contributed by atoms with Crippen LogP contribution in [0.4, 0.5) is 9.59 Å². The lowest BCUT2D eigenvalue weighted by atomic mass is 10.2. The van der Waals surface area contributed by atoms with Crippen LogP contribution in [-0.2, 0) is 32.2 Å². The van der Waals surface area contributed by atoms with E-state index in [-0.39, 0.29) is 25.7 Å². The Morgan fingerprint density at radius 1 is 0.862 bits per heavy atom. The maximum absolute atomic E-state index is 12.5. The van der Waals surface area contributed by atoms with Gasteiger partial charge in [0.1, 0.15) is 13.2 Å². The van der Waals surface area contributed by atoms with Crippen molar-refractivity contribution >= 4 is 18.2 Å². The molecule has 0 saturated carbocycles. The average molecular weight is 399 g/mol. The van der Waals surface area contributed by atoms with Crippen molar-refractivity contribution in [3.05, 3.63) is 71.8 Å². The summed E-state index contributed by atoms with van der Waals surface area (Å²) in [4.78, 5) is 37.4. The number of carbonyl (C=O) groups is 3. The van der Waals surface area contributed by atoms with Gasteiger partial charge in [-0.05, 0) is 17.0 Å². The zero-order chi connectivity index (χ0) is 21.1.